The third-order valence-corrected chi connectivity index (χ3v) is 6.32. The quantitative estimate of drug-likeness (QED) is 0.286. The van der Waals surface area contributed by atoms with Gasteiger partial charge in [0.2, 0.25) is 0 Å². The Hall–Kier alpha value is -4.04. The summed E-state index contributed by atoms with van der Waals surface area (Å²) in [6, 6.07) is 20.4. The molecule has 1 atom stereocenters. The molecule has 0 aromatic heterocycles. The Balaban J connectivity index is 1.42. The Morgan fingerprint density at radius 3 is 2.35 bits per heavy atom. The van der Waals surface area contributed by atoms with Crippen molar-refractivity contribution in [2.75, 3.05) is 17.2 Å². The molecule has 3 aromatic rings. The highest BCUT2D eigenvalue weighted by atomic mass is 35.5. The van der Waals surface area contributed by atoms with Crippen LogP contribution in [0.2, 0.25) is 5.02 Å². The van der Waals surface area contributed by atoms with Gasteiger partial charge in [0.25, 0.3) is 0 Å². The molecule has 1 fully saturated rings. The van der Waals surface area contributed by atoms with E-state index in [1.807, 2.05) is 30.3 Å². The molecule has 0 radical (unpaired) electrons. The summed E-state index contributed by atoms with van der Waals surface area (Å²) in [5, 5.41) is 18.1. The maximum atomic E-state index is 12.9. The van der Waals surface area contributed by atoms with E-state index in [9.17, 15) is 14.4 Å². The topological polar surface area (TPSA) is 117 Å². The summed E-state index contributed by atoms with van der Waals surface area (Å²) in [5.74, 6) is -2.15. The first-order valence-corrected chi connectivity index (χ1v) is 12.4. The zero-order chi connectivity index (χ0) is 26.2. The predicted octanol–water partition coefficient (Wildman–Crippen LogP) is 4.75. The molecule has 0 saturated heterocycles. The number of carbonyl (C=O) groups is 3. The van der Waals surface area contributed by atoms with Gasteiger partial charge in [-0.3, -0.25) is 9.59 Å². The number of nitrogens with one attached hydrogen (secondary N) is 3. The first-order valence-electron chi connectivity index (χ1n) is 12.1. The molecule has 2 amide bonds. The minimum atomic E-state index is -1.01. The van der Waals surface area contributed by atoms with Crippen LogP contribution in [0.5, 0.6) is 5.75 Å². The number of anilines is 2. The minimum absolute atomic E-state index is 0.0940. The van der Waals surface area contributed by atoms with Gasteiger partial charge in [-0.1, -0.05) is 41.9 Å². The van der Waals surface area contributed by atoms with Crippen molar-refractivity contribution in [2.45, 2.75) is 37.8 Å². The van der Waals surface area contributed by atoms with E-state index in [1.165, 1.54) is 12.1 Å². The molecule has 192 valence electrons. The predicted molar refractivity (Wildman–Crippen MR) is 142 cm³/mol. The molecule has 9 heteroatoms. The van der Waals surface area contributed by atoms with Crippen LogP contribution >= 0.6 is 11.6 Å². The monoisotopic (exact) mass is 521 g/mol. The van der Waals surface area contributed by atoms with Gasteiger partial charge < -0.3 is 25.8 Å². The summed E-state index contributed by atoms with van der Waals surface area (Å²) in [5.41, 5.74) is 2.20. The first-order chi connectivity index (χ1) is 17.9. The van der Waals surface area contributed by atoms with Crippen LogP contribution in [-0.2, 0) is 16.0 Å². The minimum Gasteiger partial charge on any atom is -0.488 e. The third kappa shape index (κ3) is 7.47. The second-order valence-electron chi connectivity index (χ2n) is 8.89. The Labute approximate surface area is 220 Å². The number of carboxylic acids is 1. The highest BCUT2D eigenvalue weighted by molar-refractivity contribution is 6.40. The number of hydrogen-bond acceptors (Lipinski definition) is 5. The van der Waals surface area contributed by atoms with Gasteiger partial charge >= 0.3 is 17.8 Å². The van der Waals surface area contributed by atoms with Crippen LogP contribution in [0.15, 0.2) is 72.8 Å². The second-order valence-corrected chi connectivity index (χ2v) is 9.33. The highest BCUT2D eigenvalue weighted by Crippen LogP contribution is 2.32. The lowest BCUT2D eigenvalue weighted by Crippen LogP contribution is -2.46. The Morgan fingerprint density at radius 1 is 0.973 bits per heavy atom. The van der Waals surface area contributed by atoms with Crippen molar-refractivity contribution in [1.29, 1.82) is 0 Å². The molecule has 0 heterocycles. The summed E-state index contributed by atoms with van der Waals surface area (Å²) >= 11 is 6.12. The molecule has 1 aliphatic carbocycles. The second kappa shape index (κ2) is 12.3. The first kappa shape index (κ1) is 26.0. The molecule has 1 saturated carbocycles. The third-order valence-electron chi connectivity index (χ3n) is 6.09. The van der Waals surface area contributed by atoms with Crippen LogP contribution in [0, 0.1) is 0 Å². The van der Waals surface area contributed by atoms with Crippen LogP contribution in [0.1, 0.15) is 35.2 Å². The summed E-state index contributed by atoms with van der Waals surface area (Å²) in [7, 11) is 0. The maximum absolute atomic E-state index is 12.9. The average molecular weight is 522 g/mol. The maximum Gasteiger partial charge on any atom is 0.335 e. The van der Waals surface area contributed by atoms with Gasteiger partial charge in [0, 0.05) is 17.3 Å². The van der Waals surface area contributed by atoms with Gasteiger partial charge in [-0.2, -0.15) is 0 Å². The van der Waals surface area contributed by atoms with Crippen molar-refractivity contribution in [1.82, 2.24) is 5.32 Å². The van der Waals surface area contributed by atoms with Crippen molar-refractivity contribution in [2.24, 2.45) is 0 Å². The van der Waals surface area contributed by atoms with Crippen LogP contribution in [-0.4, -0.2) is 41.6 Å². The smallest absolute Gasteiger partial charge is 0.335 e. The summed E-state index contributed by atoms with van der Waals surface area (Å²) in [4.78, 5) is 36.8. The van der Waals surface area contributed by atoms with E-state index in [4.69, 9.17) is 21.4 Å². The van der Waals surface area contributed by atoms with Crippen LogP contribution in [0.3, 0.4) is 0 Å². The molecule has 1 aliphatic rings. The number of carboxylic acid groups (broad SMARTS) is 1. The van der Waals surface area contributed by atoms with Crippen LogP contribution < -0.4 is 20.7 Å². The summed E-state index contributed by atoms with van der Waals surface area (Å²) < 4.78 is 5.94. The molecule has 8 nitrogen and oxygen atoms in total. The number of hydrogen-bond donors (Lipinski definition) is 4. The van der Waals surface area contributed by atoms with Gasteiger partial charge in [-0.25, -0.2) is 4.79 Å². The molecular weight excluding hydrogens is 494 g/mol. The number of halogens is 1. The van der Waals surface area contributed by atoms with Gasteiger partial charge in [-0.15, -0.1) is 0 Å². The lowest BCUT2D eigenvalue weighted by molar-refractivity contribution is -0.136. The van der Waals surface area contributed by atoms with Gasteiger partial charge in [-0.05, 0) is 73.7 Å². The Bertz CT molecular complexity index is 1250. The van der Waals surface area contributed by atoms with Crippen LogP contribution in [0.25, 0.3) is 0 Å². The number of ether oxygens (including phenoxy) is 1. The average Bonchev–Trinajstić information content (AvgIpc) is 2.86. The van der Waals surface area contributed by atoms with E-state index in [1.54, 1.807) is 30.3 Å². The summed E-state index contributed by atoms with van der Waals surface area (Å²) in [6.07, 6.45) is 3.57. The fourth-order valence-corrected chi connectivity index (χ4v) is 4.02. The molecule has 0 aliphatic heterocycles. The van der Waals surface area contributed by atoms with Crippen molar-refractivity contribution in [3.8, 4) is 5.75 Å². The van der Waals surface area contributed by atoms with E-state index in [0.717, 1.165) is 24.8 Å². The molecule has 4 rings (SSSR count). The molecule has 0 spiro atoms. The number of amides is 2. The lowest BCUT2D eigenvalue weighted by atomic mass is 9.96. The fraction of sp³-hybridized carbons (Fsp3) is 0.250. The molecule has 3 aromatic carbocycles. The number of benzene rings is 3. The van der Waals surface area contributed by atoms with E-state index in [2.05, 4.69) is 16.0 Å². The standard InChI is InChI=1S/C28H28ClN3O5/c29-20-11-14-25(37-23-7-4-8-23)24(16-20)32-27(34)26(33)31-22(15-18-5-2-1-3-6-18)17-30-21-12-9-19(10-13-21)28(35)36/h1-3,5-6,9-14,16,22-23,30H,4,7-8,15,17H2,(H,31,33)(H,32,34)(H,35,36)/t22-/m0/s1. The molecule has 37 heavy (non-hydrogen) atoms. The highest BCUT2D eigenvalue weighted by Gasteiger charge is 2.23. The van der Waals surface area contributed by atoms with Crippen molar-refractivity contribution >= 4 is 40.8 Å². The normalized spacial score (nSPS) is 13.6. The molecule has 0 unspecified atom stereocenters. The summed E-state index contributed by atoms with van der Waals surface area (Å²) in [6.45, 7) is 0.313. The number of carbonyl (C=O) groups excluding carboxylic acids is 2. The van der Waals surface area contributed by atoms with Gasteiger partial charge in [0.05, 0.1) is 23.4 Å². The fourth-order valence-electron chi connectivity index (χ4n) is 3.85. The zero-order valence-electron chi connectivity index (χ0n) is 20.1. The number of rotatable bonds is 10. The van der Waals surface area contributed by atoms with E-state index >= 15 is 0 Å². The Morgan fingerprint density at radius 2 is 1.70 bits per heavy atom. The van der Waals surface area contributed by atoms with Crippen LogP contribution in [0.4, 0.5) is 11.4 Å². The van der Waals surface area contributed by atoms with Crippen molar-refractivity contribution in [3.63, 3.8) is 0 Å². The van der Waals surface area contributed by atoms with Crippen molar-refractivity contribution in [3.05, 3.63) is 88.9 Å². The SMILES string of the molecule is O=C(Nc1cc(Cl)ccc1OC1CCC1)C(=O)N[C@H](CNc1ccc(C(=O)O)cc1)Cc1ccccc1. The van der Waals surface area contributed by atoms with Gasteiger partial charge in [0.15, 0.2) is 0 Å². The Kier molecular flexibility index (Phi) is 8.64. The number of aromatic carboxylic acids is 1. The van der Waals surface area contributed by atoms with Gasteiger partial charge in [0.1, 0.15) is 5.75 Å². The zero-order valence-corrected chi connectivity index (χ0v) is 20.8. The molecule has 4 N–H and O–H groups in total. The largest absolute Gasteiger partial charge is 0.488 e. The van der Waals surface area contributed by atoms with E-state index < -0.39 is 23.8 Å². The molecule has 0 bridgehead atoms. The molecular formula is C28H28ClN3O5. The lowest BCUT2D eigenvalue weighted by Gasteiger charge is -2.27. The van der Waals surface area contributed by atoms with E-state index in [-0.39, 0.29) is 11.7 Å². The van der Waals surface area contributed by atoms with E-state index in [0.29, 0.717) is 35.1 Å². The van der Waals surface area contributed by atoms with Crippen molar-refractivity contribution < 1.29 is 24.2 Å².